The van der Waals surface area contributed by atoms with Gasteiger partial charge in [-0.05, 0) is 54.2 Å². The van der Waals surface area contributed by atoms with E-state index in [-0.39, 0.29) is 0 Å². The molecule has 0 unspecified atom stereocenters. The van der Waals surface area contributed by atoms with Crippen LogP contribution in [0, 0.1) is 0 Å². The number of alkyl halides is 5. The van der Waals surface area contributed by atoms with Crippen molar-refractivity contribution in [2.24, 2.45) is 0 Å². The van der Waals surface area contributed by atoms with Gasteiger partial charge in [0.2, 0.25) is 11.3 Å². The number of rotatable bonds is 3. The summed E-state index contributed by atoms with van der Waals surface area (Å²) in [6.07, 6.45) is 1.22. The van der Waals surface area contributed by atoms with E-state index in [1.54, 1.807) is 0 Å². The van der Waals surface area contributed by atoms with Gasteiger partial charge in [0.05, 0.1) is 0 Å². The van der Waals surface area contributed by atoms with Gasteiger partial charge in [-0.15, -0.1) is 0 Å². The lowest BCUT2D eigenvalue weighted by atomic mass is 10.4. The van der Waals surface area contributed by atoms with E-state index >= 15 is 0 Å². The van der Waals surface area contributed by atoms with Gasteiger partial charge >= 0.3 is 0 Å². The number of hydrogen-bond donors (Lipinski definition) is 0. The van der Waals surface area contributed by atoms with Gasteiger partial charge in [0.1, 0.15) is 0 Å². The van der Waals surface area contributed by atoms with Gasteiger partial charge in [0.15, 0.2) is 2.57 Å². The minimum absolute atomic E-state index is 0.472. The smallest absolute Gasteiger partial charge is 0.223 e. The quantitative estimate of drug-likeness (QED) is 0.506. The monoisotopic (exact) mass is 526 g/mol. The van der Waals surface area contributed by atoms with E-state index < -0.39 is 13.9 Å². The van der Waals surface area contributed by atoms with Gasteiger partial charge in [0.25, 0.3) is 0 Å². The average Bonchev–Trinajstić information content (AvgIpc) is 1.84. The van der Waals surface area contributed by atoms with Crippen molar-refractivity contribution in [3.63, 3.8) is 0 Å². The third-order valence-corrected chi connectivity index (χ3v) is 10.0. The van der Waals surface area contributed by atoms with Crippen LogP contribution in [0.25, 0.3) is 0 Å². The van der Waals surface area contributed by atoms with E-state index in [2.05, 4.69) is 79.6 Å². The highest BCUT2D eigenvalue weighted by Crippen LogP contribution is 2.51. The highest BCUT2D eigenvalue weighted by Gasteiger charge is 2.50. The van der Waals surface area contributed by atoms with Crippen molar-refractivity contribution < 1.29 is 8.42 Å². The van der Waals surface area contributed by atoms with Crippen LogP contribution in [0.3, 0.4) is 0 Å². The molecule has 0 saturated heterocycles. The third-order valence-electron chi connectivity index (χ3n) is 1.24. The molecule has 0 heterocycles. The maximum Gasteiger partial charge on any atom is 0.237 e. The lowest BCUT2D eigenvalue weighted by Gasteiger charge is -2.25. The molecule has 0 atom stereocenters. The third kappa shape index (κ3) is 3.69. The molecule has 0 radical (unpaired) electrons. The molecule has 0 amide bonds. The van der Waals surface area contributed by atoms with Crippen molar-refractivity contribution in [3.8, 4) is 0 Å². The van der Waals surface area contributed by atoms with Gasteiger partial charge in [-0.1, -0.05) is 45.2 Å². The normalized spacial score (nSPS) is 14.6. The van der Waals surface area contributed by atoms with E-state index in [0.29, 0.717) is 6.42 Å². The van der Waals surface area contributed by atoms with Crippen LogP contribution in [0.5, 0.6) is 0 Å². The Balaban J connectivity index is 5.06. The zero-order valence-electron chi connectivity index (χ0n) is 6.53. The molecule has 0 aromatic carbocycles. The largest absolute Gasteiger partial charge is 0.237 e. The first-order chi connectivity index (χ1) is 5.56. The molecule has 0 aliphatic heterocycles. The van der Waals surface area contributed by atoms with Crippen LogP contribution in [-0.2, 0) is 9.84 Å². The van der Waals surface area contributed by atoms with Crippen molar-refractivity contribution in [2.45, 2.75) is 23.8 Å². The summed E-state index contributed by atoms with van der Waals surface area (Å²) in [5, 5.41) is 0. The van der Waals surface area contributed by atoms with E-state index in [4.69, 9.17) is 0 Å². The molecular formula is C5H7Br5O2S. The predicted octanol–water partition coefficient (Wildman–Crippen LogP) is 4.44. The fourth-order valence-electron chi connectivity index (χ4n) is 0.595. The summed E-state index contributed by atoms with van der Waals surface area (Å²) in [6, 6.07) is 0. The van der Waals surface area contributed by atoms with Gasteiger partial charge in [0, 0.05) is 0 Å². The van der Waals surface area contributed by atoms with Crippen LogP contribution in [0.1, 0.15) is 19.8 Å². The minimum Gasteiger partial charge on any atom is -0.223 e. The lowest BCUT2D eigenvalue weighted by Crippen LogP contribution is -2.34. The summed E-state index contributed by atoms with van der Waals surface area (Å²) in [5.41, 5.74) is 0. The molecule has 0 aliphatic rings. The second-order valence-electron chi connectivity index (χ2n) is 2.34. The van der Waals surface area contributed by atoms with Crippen LogP contribution >= 0.6 is 79.6 Å². The number of hydrogen-bond acceptors (Lipinski definition) is 2. The van der Waals surface area contributed by atoms with Gasteiger partial charge < -0.3 is 0 Å². The van der Waals surface area contributed by atoms with Crippen molar-refractivity contribution in [1.82, 2.24) is 0 Å². The van der Waals surface area contributed by atoms with Crippen LogP contribution in [0.15, 0.2) is 0 Å². The summed E-state index contributed by atoms with van der Waals surface area (Å²) < 4.78 is 21.2. The van der Waals surface area contributed by atoms with Crippen LogP contribution in [0.2, 0.25) is 0 Å². The molecule has 0 rings (SSSR count). The zero-order valence-corrected chi connectivity index (χ0v) is 15.3. The van der Waals surface area contributed by atoms with Crippen LogP contribution < -0.4 is 0 Å². The van der Waals surface area contributed by atoms with Gasteiger partial charge in [-0.25, -0.2) is 8.42 Å². The molecule has 0 saturated carbocycles. The molecule has 13 heavy (non-hydrogen) atoms. The zero-order chi connectivity index (χ0) is 10.9. The Hall–Kier alpha value is 2.35. The van der Waals surface area contributed by atoms with E-state index in [1.165, 1.54) is 0 Å². The second-order valence-corrected chi connectivity index (χ2v) is 17.8. The van der Waals surface area contributed by atoms with Gasteiger partial charge in [-0.3, -0.25) is 0 Å². The molecule has 8 heteroatoms. The molecule has 80 valence electrons. The SMILES string of the molecule is CCCC(Br)(Br)S(=O)(=O)C(Br)(Br)Br. The summed E-state index contributed by atoms with van der Waals surface area (Å²) >= 11 is 15.3. The van der Waals surface area contributed by atoms with Crippen molar-refractivity contribution in [2.75, 3.05) is 0 Å². The molecule has 0 aromatic rings. The number of sulfone groups is 1. The first kappa shape index (κ1) is 15.3. The Morgan fingerprint density at radius 3 is 1.69 bits per heavy atom. The molecule has 0 spiro atoms. The van der Waals surface area contributed by atoms with Gasteiger partial charge in [-0.2, -0.15) is 0 Å². The Bertz CT molecular complexity index is 265. The topological polar surface area (TPSA) is 34.1 Å². The summed E-state index contributed by atoms with van der Waals surface area (Å²) in [5.74, 6) is 0. The lowest BCUT2D eigenvalue weighted by molar-refractivity contribution is 0.589. The standard InChI is InChI=1S/C5H7Br5O2S/c1-2-3-4(6,7)13(11,12)5(8,9)10/h2-3H2,1H3. The molecule has 0 N–H and O–H groups in total. The molecule has 0 bridgehead atoms. The highest BCUT2D eigenvalue weighted by atomic mass is 80.0. The molecule has 0 fully saturated rings. The second kappa shape index (κ2) is 5.12. The van der Waals surface area contributed by atoms with E-state index in [9.17, 15) is 8.42 Å². The Morgan fingerprint density at radius 2 is 1.46 bits per heavy atom. The molecule has 2 nitrogen and oxygen atoms in total. The highest BCUT2D eigenvalue weighted by molar-refractivity contribution is 9.43. The fourth-order valence-corrected chi connectivity index (χ4v) is 10.1. The van der Waals surface area contributed by atoms with Crippen molar-refractivity contribution in [1.29, 1.82) is 0 Å². The summed E-state index contributed by atoms with van der Waals surface area (Å²) in [7, 11) is -3.45. The number of halogens is 5. The van der Waals surface area contributed by atoms with E-state index in [1.807, 2.05) is 6.92 Å². The minimum atomic E-state index is -3.45. The van der Waals surface area contributed by atoms with Crippen LogP contribution in [0.4, 0.5) is 0 Å². The maximum absolute atomic E-state index is 11.8. The van der Waals surface area contributed by atoms with Crippen molar-refractivity contribution >= 4 is 89.5 Å². The van der Waals surface area contributed by atoms with E-state index in [0.717, 1.165) is 6.42 Å². The van der Waals surface area contributed by atoms with Crippen LogP contribution in [-0.4, -0.2) is 12.5 Å². The van der Waals surface area contributed by atoms with Crippen molar-refractivity contribution in [3.05, 3.63) is 0 Å². The first-order valence-electron chi connectivity index (χ1n) is 3.25. The molecule has 0 aromatic heterocycles. The average molecular weight is 531 g/mol. The first-order valence-corrected chi connectivity index (χ1v) is 8.70. The fraction of sp³-hybridized carbons (Fsp3) is 1.00. The Kier molecular flexibility index (Phi) is 6.05. The molecule has 0 aliphatic carbocycles. The Morgan fingerprint density at radius 1 is 1.08 bits per heavy atom. The molecular weight excluding hydrogens is 524 g/mol. The summed E-state index contributed by atoms with van der Waals surface area (Å²) in [4.78, 5) is 0. The maximum atomic E-state index is 11.8. The predicted molar refractivity (Wildman–Crippen MR) is 73.9 cm³/mol. The summed E-state index contributed by atoms with van der Waals surface area (Å²) in [6.45, 7) is 1.91. The Labute approximate surface area is 120 Å².